The molecule has 2 heterocycles. The Morgan fingerprint density at radius 1 is 1.22 bits per heavy atom. The molecule has 0 fully saturated rings. The van der Waals surface area contributed by atoms with E-state index in [-0.39, 0.29) is 6.79 Å². The third kappa shape index (κ3) is 1.80. The standard InChI is InChI=1S/C13H8ClNO3/c14-10-5-13-12(17-7-18-13)4-9(10)11-3-1-2-8(6-16)15-11/h1-6H,7H2. The number of fused-ring (bicyclic) bond motifs is 1. The molecule has 1 aromatic heterocycles. The van der Waals surface area contributed by atoms with Crippen LogP contribution in [0.4, 0.5) is 0 Å². The maximum atomic E-state index is 10.7. The van der Waals surface area contributed by atoms with Crippen LogP contribution in [0.3, 0.4) is 0 Å². The highest BCUT2D eigenvalue weighted by atomic mass is 35.5. The van der Waals surface area contributed by atoms with E-state index >= 15 is 0 Å². The van der Waals surface area contributed by atoms with Gasteiger partial charge < -0.3 is 9.47 Å². The lowest BCUT2D eigenvalue weighted by molar-refractivity contribution is 0.111. The first-order valence-corrected chi connectivity index (χ1v) is 5.67. The molecule has 0 radical (unpaired) electrons. The third-order valence-corrected chi connectivity index (χ3v) is 2.94. The molecule has 0 bridgehead atoms. The fourth-order valence-corrected chi connectivity index (χ4v) is 2.03. The van der Waals surface area contributed by atoms with Gasteiger partial charge in [-0.2, -0.15) is 0 Å². The number of pyridine rings is 1. The average Bonchev–Trinajstić information content (AvgIpc) is 2.85. The number of carbonyl (C=O) groups is 1. The molecule has 1 aliphatic rings. The van der Waals surface area contributed by atoms with Gasteiger partial charge in [0.15, 0.2) is 17.8 Å². The normalized spacial score (nSPS) is 12.5. The zero-order chi connectivity index (χ0) is 12.5. The predicted molar refractivity (Wildman–Crippen MR) is 66.2 cm³/mol. The van der Waals surface area contributed by atoms with Gasteiger partial charge in [-0.15, -0.1) is 0 Å². The molecule has 90 valence electrons. The molecule has 1 aromatic carbocycles. The molecule has 0 aliphatic carbocycles. The Balaban J connectivity index is 2.13. The van der Waals surface area contributed by atoms with Crippen molar-refractivity contribution in [2.45, 2.75) is 0 Å². The number of aldehydes is 1. The first kappa shape index (κ1) is 11.0. The minimum absolute atomic E-state index is 0.191. The van der Waals surface area contributed by atoms with E-state index < -0.39 is 0 Å². The van der Waals surface area contributed by atoms with Crippen LogP contribution in [0.5, 0.6) is 11.5 Å². The molecule has 0 spiro atoms. The number of aromatic nitrogens is 1. The monoisotopic (exact) mass is 261 g/mol. The molecule has 5 heteroatoms. The topological polar surface area (TPSA) is 48.4 Å². The molecule has 18 heavy (non-hydrogen) atoms. The van der Waals surface area contributed by atoms with Crippen LogP contribution in [0.25, 0.3) is 11.3 Å². The first-order chi connectivity index (χ1) is 8.78. The summed E-state index contributed by atoms with van der Waals surface area (Å²) in [5.74, 6) is 1.25. The summed E-state index contributed by atoms with van der Waals surface area (Å²) in [6.45, 7) is 0.191. The van der Waals surface area contributed by atoms with Crippen LogP contribution < -0.4 is 9.47 Å². The number of halogens is 1. The zero-order valence-electron chi connectivity index (χ0n) is 9.22. The second-order valence-electron chi connectivity index (χ2n) is 3.75. The summed E-state index contributed by atoms with van der Waals surface area (Å²) in [4.78, 5) is 14.9. The highest BCUT2D eigenvalue weighted by molar-refractivity contribution is 6.33. The number of ether oxygens (including phenoxy) is 2. The Morgan fingerprint density at radius 3 is 2.78 bits per heavy atom. The lowest BCUT2D eigenvalue weighted by Gasteiger charge is -2.06. The van der Waals surface area contributed by atoms with Gasteiger partial charge >= 0.3 is 0 Å². The van der Waals surface area contributed by atoms with Crippen molar-refractivity contribution in [3.8, 4) is 22.8 Å². The van der Waals surface area contributed by atoms with Crippen molar-refractivity contribution in [3.63, 3.8) is 0 Å². The number of rotatable bonds is 2. The van der Waals surface area contributed by atoms with Crippen molar-refractivity contribution in [1.29, 1.82) is 0 Å². The predicted octanol–water partition coefficient (Wildman–Crippen LogP) is 2.94. The van der Waals surface area contributed by atoms with Gasteiger partial charge in [0.1, 0.15) is 5.69 Å². The summed E-state index contributed by atoms with van der Waals surface area (Å²) < 4.78 is 10.5. The lowest BCUT2D eigenvalue weighted by atomic mass is 10.1. The maximum absolute atomic E-state index is 10.7. The number of nitrogens with zero attached hydrogens (tertiary/aromatic N) is 1. The van der Waals surface area contributed by atoms with Gasteiger partial charge in [-0.3, -0.25) is 4.79 Å². The van der Waals surface area contributed by atoms with Crippen LogP contribution in [-0.2, 0) is 0 Å². The Hall–Kier alpha value is -2.07. The molecular weight excluding hydrogens is 254 g/mol. The van der Waals surface area contributed by atoms with E-state index in [1.807, 2.05) is 0 Å². The summed E-state index contributed by atoms with van der Waals surface area (Å²) in [7, 11) is 0. The third-order valence-electron chi connectivity index (χ3n) is 2.63. The van der Waals surface area contributed by atoms with Crippen LogP contribution in [-0.4, -0.2) is 18.1 Å². The molecule has 0 unspecified atom stereocenters. The molecule has 4 nitrogen and oxygen atoms in total. The molecule has 3 rings (SSSR count). The van der Waals surface area contributed by atoms with E-state index in [4.69, 9.17) is 21.1 Å². The molecule has 0 saturated carbocycles. The molecule has 0 amide bonds. The molecular formula is C13H8ClNO3. The minimum atomic E-state index is 0.191. The number of carbonyl (C=O) groups excluding carboxylic acids is 1. The van der Waals surface area contributed by atoms with Crippen molar-refractivity contribution in [1.82, 2.24) is 4.98 Å². The van der Waals surface area contributed by atoms with E-state index in [0.717, 1.165) is 0 Å². The van der Waals surface area contributed by atoms with E-state index in [1.165, 1.54) is 0 Å². The number of hydrogen-bond donors (Lipinski definition) is 0. The Morgan fingerprint density at radius 2 is 2.00 bits per heavy atom. The fourth-order valence-electron chi connectivity index (χ4n) is 1.78. The van der Waals surface area contributed by atoms with Crippen molar-refractivity contribution in [2.24, 2.45) is 0 Å². The lowest BCUT2D eigenvalue weighted by Crippen LogP contribution is -1.93. The Labute approximate surface area is 108 Å². The smallest absolute Gasteiger partial charge is 0.231 e. The second kappa shape index (κ2) is 4.31. The van der Waals surface area contributed by atoms with Gasteiger partial charge in [0, 0.05) is 11.6 Å². The first-order valence-electron chi connectivity index (χ1n) is 5.29. The van der Waals surface area contributed by atoms with E-state index in [9.17, 15) is 4.79 Å². The fraction of sp³-hybridized carbons (Fsp3) is 0.0769. The van der Waals surface area contributed by atoms with Gasteiger partial charge in [0.05, 0.1) is 10.7 Å². The molecule has 2 aromatic rings. The van der Waals surface area contributed by atoms with Crippen LogP contribution >= 0.6 is 11.6 Å². The van der Waals surface area contributed by atoms with E-state index in [0.29, 0.717) is 39.8 Å². The highest BCUT2D eigenvalue weighted by Crippen LogP contribution is 2.40. The van der Waals surface area contributed by atoms with Crippen LogP contribution in [0.1, 0.15) is 10.5 Å². The summed E-state index contributed by atoms with van der Waals surface area (Å²) in [5.41, 5.74) is 1.70. The summed E-state index contributed by atoms with van der Waals surface area (Å²) in [5, 5.41) is 0.509. The Kier molecular flexibility index (Phi) is 2.64. The van der Waals surface area contributed by atoms with Crippen molar-refractivity contribution in [2.75, 3.05) is 6.79 Å². The molecule has 1 aliphatic heterocycles. The number of hydrogen-bond acceptors (Lipinski definition) is 4. The van der Waals surface area contributed by atoms with Crippen LogP contribution in [0.15, 0.2) is 30.3 Å². The Bertz CT molecular complexity index is 628. The summed E-state index contributed by atoms with van der Waals surface area (Å²) in [6.07, 6.45) is 0.699. The van der Waals surface area contributed by atoms with Crippen molar-refractivity contribution in [3.05, 3.63) is 41.0 Å². The molecule has 0 atom stereocenters. The van der Waals surface area contributed by atoms with Gasteiger partial charge in [0.25, 0.3) is 0 Å². The SMILES string of the molecule is O=Cc1cccc(-c2cc3c(cc2Cl)OCO3)n1. The minimum Gasteiger partial charge on any atom is -0.454 e. The molecule has 0 saturated heterocycles. The van der Waals surface area contributed by atoms with E-state index in [2.05, 4.69) is 4.98 Å². The van der Waals surface area contributed by atoms with Gasteiger partial charge in [-0.05, 0) is 18.2 Å². The number of benzene rings is 1. The van der Waals surface area contributed by atoms with Crippen molar-refractivity contribution >= 4 is 17.9 Å². The van der Waals surface area contributed by atoms with Crippen molar-refractivity contribution < 1.29 is 14.3 Å². The van der Waals surface area contributed by atoms with Crippen LogP contribution in [0, 0.1) is 0 Å². The quantitative estimate of drug-likeness (QED) is 0.780. The van der Waals surface area contributed by atoms with Gasteiger partial charge in [-0.25, -0.2) is 4.98 Å². The maximum Gasteiger partial charge on any atom is 0.231 e. The highest BCUT2D eigenvalue weighted by Gasteiger charge is 2.17. The zero-order valence-corrected chi connectivity index (χ0v) is 9.98. The summed E-state index contributed by atoms with van der Waals surface area (Å²) in [6, 6.07) is 8.64. The summed E-state index contributed by atoms with van der Waals surface area (Å²) >= 11 is 6.17. The largest absolute Gasteiger partial charge is 0.454 e. The molecule has 0 N–H and O–H groups in total. The average molecular weight is 262 g/mol. The van der Waals surface area contributed by atoms with E-state index in [1.54, 1.807) is 30.3 Å². The second-order valence-corrected chi connectivity index (χ2v) is 4.16. The van der Waals surface area contributed by atoms with Gasteiger partial charge in [0.2, 0.25) is 6.79 Å². The van der Waals surface area contributed by atoms with Crippen LogP contribution in [0.2, 0.25) is 5.02 Å². The van der Waals surface area contributed by atoms with Gasteiger partial charge in [-0.1, -0.05) is 17.7 Å².